The zero-order valence-electron chi connectivity index (χ0n) is 14.5. The third-order valence-corrected chi connectivity index (χ3v) is 4.43. The highest BCUT2D eigenvalue weighted by molar-refractivity contribution is 6.30. The maximum absolute atomic E-state index is 12.0. The average molecular weight is 417 g/mol. The van der Waals surface area contributed by atoms with Crippen molar-refractivity contribution in [1.82, 2.24) is 19.5 Å². The van der Waals surface area contributed by atoms with E-state index < -0.39 is 0 Å². The van der Waals surface area contributed by atoms with Gasteiger partial charge in [0.1, 0.15) is 12.3 Å². The van der Waals surface area contributed by atoms with Gasteiger partial charge in [0.2, 0.25) is 11.7 Å². The second kappa shape index (κ2) is 8.00. The first-order valence-corrected chi connectivity index (χ1v) is 9.20. The number of hydrogen-bond donors (Lipinski definition) is 0. The molecule has 3 aromatic heterocycles. The molecular weight excluding hydrogens is 403 g/mol. The number of halogens is 2. The molecule has 142 valence electrons. The van der Waals surface area contributed by atoms with E-state index in [4.69, 9.17) is 32.5 Å². The van der Waals surface area contributed by atoms with Gasteiger partial charge in [-0.05, 0) is 36.4 Å². The Morgan fingerprint density at radius 2 is 1.82 bits per heavy atom. The molecule has 0 bridgehead atoms. The third kappa shape index (κ3) is 4.32. The number of rotatable bonds is 6. The van der Waals surface area contributed by atoms with Gasteiger partial charge in [-0.1, -0.05) is 28.4 Å². The van der Waals surface area contributed by atoms with Gasteiger partial charge in [-0.25, -0.2) is 4.98 Å². The van der Waals surface area contributed by atoms with Crippen LogP contribution in [-0.2, 0) is 22.6 Å². The molecule has 0 radical (unpaired) electrons. The van der Waals surface area contributed by atoms with Gasteiger partial charge in [0, 0.05) is 29.4 Å². The van der Waals surface area contributed by atoms with Crippen molar-refractivity contribution in [3.05, 3.63) is 70.4 Å². The van der Waals surface area contributed by atoms with E-state index in [9.17, 15) is 4.79 Å². The Hall–Kier alpha value is -2.90. The Balaban J connectivity index is 1.30. The molecular formula is C19H14Cl2N4O3. The molecule has 4 aromatic rings. The standard InChI is InChI=1S/C19H14Cl2N4O3/c20-13-3-1-12(2-4-13)19-23-17(28-24-19)7-8-18(26)27-11-15-10-25-9-14(21)5-6-16(25)22-15/h1-6,9-10H,7-8,11H2. The number of carbonyl (C=O) groups is 1. The molecule has 0 aliphatic rings. The van der Waals surface area contributed by atoms with Gasteiger partial charge in [-0.2, -0.15) is 4.98 Å². The first-order chi connectivity index (χ1) is 13.6. The monoisotopic (exact) mass is 416 g/mol. The minimum atomic E-state index is -0.374. The number of imidazole rings is 1. The summed E-state index contributed by atoms with van der Waals surface area (Å²) in [6.07, 6.45) is 3.93. The van der Waals surface area contributed by atoms with Crippen molar-refractivity contribution in [1.29, 1.82) is 0 Å². The van der Waals surface area contributed by atoms with Crippen molar-refractivity contribution in [2.45, 2.75) is 19.4 Å². The van der Waals surface area contributed by atoms with Crippen molar-refractivity contribution in [3.8, 4) is 11.4 Å². The summed E-state index contributed by atoms with van der Waals surface area (Å²) in [6.45, 7) is 0.0813. The molecule has 4 rings (SSSR count). The Labute approximate surface area is 169 Å². The Morgan fingerprint density at radius 3 is 2.64 bits per heavy atom. The lowest BCUT2D eigenvalue weighted by atomic mass is 10.2. The maximum atomic E-state index is 12.0. The molecule has 0 aliphatic carbocycles. The molecule has 0 aliphatic heterocycles. The van der Waals surface area contributed by atoms with Crippen LogP contribution in [0.5, 0.6) is 0 Å². The van der Waals surface area contributed by atoms with Crippen LogP contribution in [0.1, 0.15) is 18.0 Å². The van der Waals surface area contributed by atoms with Gasteiger partial charge in [0.25, 0.3) is 0 Å². The fourth-order valence-electron chi connectivity index (χ4n) is 2.59. The number of ether oxygens (including phenoxy) is 1. The van der Waals surface area contributed by atoms with Crippen LogP contribution >= 0.6 is 23.2 Å². The molecule has 3 heterocycles. The number of carbonyl (C=O) groups excluding carboxylic acids is 1. The van der Waals surface area contributed by atoms with E-state index in [1.54, 1.807) is 53.2 Å². The zero-order valence-corrected chi connectivity index (χ0v) is 16.0. The van der Waals surface area contributed by atoms with E-state index in [2.05, 4.69) is 15.1 Å². The van der Waals surface area contributed by atoms with Gasteiger partial charge in [0.15, 0.2) is 0 Å². The van der Waals surface area contributed by atoms with Crippen LogP contribution in [0.3, 0.4) is 0 Å². The number of esters is 1. The number of aromatic nitrogens is 4. The molecule has 7 nitrogen and oxygen atoms in total. The summed E-state index contributed by atoms with van der Waals surface area (Å²) >= 11 is 11.8. The highest BCUT2D eigenvalue weighted by Gasteiger charge is 2.12. The fourth-order valence-corrected chi connectivity index (χ4v) is 2.89. The van der Waals surface area contributed by atoms with E-state index in [0.29, 0.717) is 33.9 Å². The topological polar surface area (TPSA) is 82.5 Å². The van der Waals surface area contributed by atoms with Gasteiger partial charge in [-0.15, -0.1) is 0 Å². The summed E-state index contributed by atoms with van der Waals surface area (Å²) in [4.78, 5) is 20.6. The molecule has 0 unspecified atom stereocenters. The Morgan fingerprint density at radius 1 is 1.04 bits per heavy atom. The lowest BCUT2D eigenvalue weighted by Gasteiger charge is -2.00. The predicted octanol–water partition coefficient (Wildman–Crippen LogP) is 4.37. The van der Waals surface area contributed by atoms with Gasteiger partial charge in [-0.3, -0.25) is 4.79 Å². The largest absolute Gasteiger partial charge is 0.459 e. The second-order valence-electron chi connectivity index (χ2n) is 6.02. The number of aryl methyl sites for hydroxylation is 1. The summed E-state index contributed by atoms with van der Waals surface area (Å²) in [5, 5.41) is 5.15. The summed E-state index contributed by atoms with van der Waals surface area (Å²) in [5.74, 6) is 0.439. The second-order valence-corrected chi connectivity index (χ2v) is 6.90. The number of hydrogen-bond acceptors (Lipinski definition) is 6. The summed E-state index contributed by atoms with van der Waals surface area (Å²) < 4.78 is 12.2. The summed E-state index contributed by atoms with van der Waals surface area (Å²) in [6, 6.07) is 10.6. The lowest BCUT2D eigenvalue weighted by Crippen LogP contribution is -2.06. The van der Waals surface area contributed by atoms with E-state index in [1.807, 2.05) is 0 Å². The molecule has 0 saturated heterocycles. The summed E-state index contributed by atoms with van der Waals surface area (Å²) in [5.41, 5.74) is 2.16. The van der Waals surface area contributed by atoms with E-state index >= 15 is 0 Å². The zero-order chi connectivity index (χ0) is 19.5. The van der Waals surface area contributed by atoms with Crippen LogP contribution in [-0.4, -0.2) is 25.5 Å². The van der Waals surface area contributed by atoms with Crippen LogP contribution in [0.25, 0.3) is 17.0 Å². The van der Waals surface area contributed by atoms with Crippen LogP contribution in [0.4, 0.5) is 0 Å². The van der Waals surface area contributed by atoms with Crippen molar-refractivity contribution < 1.29 is 14.1 Å². The number of fused-ring (bicyclic) bond motifs is 1. The molecule has 28 heavy (non-hydrogen) atoms. The van der Waals surface area contributed by atoms with Gasteiger partial charge in [0.05, 0.1) is 17.1 Å². The third-order valence-electron chi connectivity index (χ3n) is 3.96. The quantitative estimate of drug-likeness (QED) is 0.434. The van der Waals surface area contributed by atoms with Gasteiger partial charge >= 0.3 is 5.97 Å². The highest BCUT2D eigenvalue weighted by atomic mass is 35.5. The molecule has 0 fully saturated rings. The lowest BCUT2D eigenvalue weighted by molar-refractivity contribution is -0.145. The van der Waals surface area contributed by atoms with E-state index in [-0.39, 0.29) is 19.0 Å². The van der Waals surface area contributed by atoms with E-state index in [0.717, 1.165) is 11.2 Å². The minimum Gasteiger partial charge on any atom is -0.459 e. The molecule has 1 aromatic carbocycles. The Kier molecular flexibility index (Phi) is 5.27. The number of nitrogens with zero attached hydrogens (tertiary/aromatic N) is 4. The smallest absolute Gasteiger partial charge is 0.306 e. The highest BCUT2D eigenvalue weighted by Crippen LogP contribution is 2.19. The average Bonchev–Trinajstić information content (AvgIpc) is 3.31. The number of benzene rings is 1. The molecule has 0 spiro atoms. The van der Waals surface area contributed by atoms with Crippen molar-refractivity contribution in [2.75, 3.05) is 0 Å². The number of pyridine rings is 1. The molecule has 0 atom stereocenters. The van der Waals surface area contributed by atoms with Crippen LogP contribution in [0.15, 0.2) is 53.3 Å². The van der Waals surface area contributed by atoms with Crippen molar-refractivity contribution >= 4 is 34.8 Å². The van der Waals surface area contributed by atoms with Crippen LogP contribution < -0.4 is 0 Å². The summed E-state index contributed by atoms with van der Waals surface area (Å²) in [7, 11) is 0. The first-order valence-electron chi connectivity index (χ1n) is 8.44. The van der Waals surface area contributed by atoms with Crippen LogP contribution in [0.2, 0.25) is 10.0 Å². The molecule has 9 heteroatoms. The van der Waals surface area contributed by atoms with E-state index in [1.165, 1.54) is 0 Å². The molecule has 0 N–H and O–H groups in total. The van der Waals surface area contributed by atoms with Crippen molar-refractivity contribution in [2.24, 2.45) is 0 Å². The Bertz CT molecular complexity index is 1120. The first kappa shape index (κ1) is 18.5. The minimum absolute atomic E-state index is 0.0813. The van der Waals surface area contributed by atoms with Crippen LogP contribution in [0, 0.1) is 0 Å². The maximum Gasteiger partial charge on any atom is 0.306 e. The van der Waals surface area contributed by atoms with Gasteiger partial charge < -0.3 is 13.7 Å². The molecule has 0 amide bonds. The normalized spacial score (nSPS) is 11.1. The predicted molar refractivity (Wildman–Crippen MR) is 103 cm³/mol. The van der Waals surface area contributed by atoms with Crippen molar-refractivity contribution in [3.63, 3.8) is 0 Å². The fraction of sp³-hybridized carbons (Fsp3) is 0.158. The SMILES string of the molecule is O=C(CCc1nc(-c2ccc(Cl)cc2)no1)OCc1cn2cc(Cl)ccc2n1. The molecule has 0 saturated carbocycles.